The van der Waals surface area contributed by atoms with E-state index in [0.717, 1.165) is 30.6 Å². The van der Waals surface area contributed by atoms with Gasteiger partial charge in [0.25, 0.3) is 0 Å². The largest absolute Gasteiger partial charge is 0.370 e. The monoisotopic (exact) mass is 254 g/mol. The molecule has 0 aromatic heterocycles. The summed E-state index contributed by atoms with van der Waals surface area (Å²) in [5.41, 5.74) is 2.33. The van der Waals surface area contributed by atoms with Crippen LogP contribution in [0.2, 0.25) is 0 Å². The third-order valence-electron chi connectivity index (χ3n) is 4.59. The minimum Gasteiger partial charge on any atom is -0.370 e. The second-order valence-corrected chi connectivity index (χ2v) is 5.76. The predicted molar refractivity (Wildman–Crippen MR) is 74.2 cm³/mol. The number of ketones is 1. The summed E-state index contributed by atoms with van der Waals surface area (Å²) < 4.78 is 0. The van der Waals surface area contributed by atoms with Crippen LogP contribution < -0.4 is 4.90 Å². The van der Waals surface area contributed by atoms with E-state index < -0.39 is 0 Å². The van der Waals surface area contributed by atoms with E-state index in [9.17, 15) is 10.1 Å². The fraction of sp³-hybridized carbons (Fsp3) is 0.500. The Labute approximate surface area is 113 Å². The smallest absolute Gasteiger partial charge is 0.159 e. The highest BCUT2D eigenvalue weighted by Crippen LogP contribution is 2.40. The van der Waals surface area contributed by atoms with Crippen LogP contribution in [0.15, 0.2) is 18.2 Å². The van der Waals surface area contributed by atoms with Crippen molar-refractivity contribution in [3.8, 4) is 6.07 Å². The lowest BCUT2D eigenvalue weighted by Gasteiger charge is -2.21. The lowest BCUT2D eigenvalue weighted by atomic mass is 10.0. The number of Topliss-reactive ketones (excluding diaryl/α,β-unsaturated/α-hetero) is 1. The molecule has 3 rings (SSSR count). The molecule has 19 heavy (non-hydrogen) atoms. The zero-order valence-corrected chi connectivity index (χ0v) is 11.2. The molecule has 0 amide bonds. The highest BCUT2D eigenvalue weighted by atomic mass is 16.1. The molecule has 1 aliphatic carbocycles. The minimum absolute atomic E-state index is 0.0603. The van der Waals surface area contributed by atoms with Gasteiger partial charge >= 0.3 is 0 Å². The van der Waals surface area contributed by atoms with Gasteiger partial charge in [-0.2, -0.15) is 5.26 Å². The second kappa shape index (κ2) is 4.70. The van der Waals surface area contributed by atoms with Crippen LogP contribution in [0.25, 0.3) is 0 Å². The van der Waals surface area contributed by atoms with Crippen LogP contribution in [0.3, 0.4) is 0 Å². The van der Waals surface area contributed by atoms with Crippen molar-refractivity contribution in [3.63, 3.8) is 0 Å². The fourth-order valence-electron chi connectivity index (χ4n) is 3.54. The van der Waals surface area contributed by atoms with Crippen molar-refractivity contribution in [1.82, 2.24) is 0 Å². The summed E-state index contributed by atoms with van der Waals surface area (Å²) in [4.78, 5) is 13.8. The van der Waals surface area contributed by atoms with Crippen molar-refractivity contribution in [2.24, 2.45) is 11.8 Å². The molecule has 2 aliphatic rings. The van der Waals surface area contributed by atoms with Gasteiger partial charge in [0.05, 0.1) is 11.3 Å². The molecule has 3 heteroatoms. The van der Waals surface area contributed by atoms with Crippen molar-refractivity contribution < 1.29 is 4.79 Å². The molecule has 1 aromatic carbocycles. The lowest BCUT2D eigenvalue weighted by Crippen LogP contribution is -2.22. The number of hydrogen-bond acceptors (Lipinski definition) is 3. The van der Waals surface area contributed by atoms with Crippen molar-refractivity contribution in [2.45, 2.75) is 26.2 Å². The number of hydrogen-bond donors (Lipinski definition) is 0. The number of nitrogens with zero attached hydrogens (tertiary/aromatic N) is 2. The molecule has 0 radical (unpaired) electrons. The van der Waals surface area contributed by atoms with E-state index in [-0.39, 0.29) is 5.78 Å². The molecular weight excluding hydrogens is 236 g/mol. The SMILES string of the molecule is CC(=O)c1ccc(C#N)c(N2CC3CCCC3C2)c1. The average Bonchev–Trinajstić information content (AvgIpc) is 2.98. The minimum atomic E-state index is 0.0603. The van der Waals surface area contributed by atoms with Gasteiger partial charge in [-0.1, -0.05) is 6.42 Å². The number of benzene rings is 1. The second-order valence-electron chi connectivity index (χ2n) is 5.76. The Balaban J connectivity index is 1.93. The first-order chi connectivity index (χ1) is 9.19. The number of nitriles is 1. The first kappa shape index (κ1) is 12.2. The van der Waals surface area contributed by atoms with Crippen LogP contribution in [-0.4, -0.2) is 18.9 Å². The van der Waals surface area contributed by atoms with E-state index in [4.69, 9.17) is 0 Å². The van der Waals surface area contributed by atoms with E-state index in [1.165, 1.54) is 19.3 Å². The molecule has 2 unspecified atom stereocenters. The van der Waals surface area contributed by atoms with Gasteiger partial charge < -0.3 is 4.90 Å². The third-order valence-corrected chi connectivity index (χ3v) is 4.59. The van der Waals surface area contributed by atoms with E-state index in [2.05, 4.69) is 11.0 Å². The first-order valence-corrected chi connectivity index (χ1v) is 6.99. The quantitative estimate of drug-likeness (QED) is 0.762. The van der Waals surface area contributed by atoms with E-state index >= 15 is 0 Å². The summed E-state index contributed by atoms with van der Waals surface area (Å²) in [6.45, 7) is 3.66. The Kier molecular flexibility index (Phi) is 3.02. The standard InChI is InChI=1S/C16H18N2O/c1-11(19)12-5-6-13(8-17)16(7-12)18-9-14-3-2-4-15(14)10-18/h5-7,14-15H,2-4,9-10H2,1H3. The topological polar surface area (TPSA) is 44.1 Å². The molecule has 0 bridgehead atoms. The molecule has 98 valence electrons. The molecular formula is C16H18N2O. The maximum absolute atomic E-state index is 11.5. The van der Waals surface area contributed by atoms with Gasteiger partial charge in [0.2, 0.25) is 0 Å². The van der Waals surface area contributed by atoms with Gasteiger partial charge in [0, 0.05) is 18.7 Å². The van der Waals surface area contributed by atoms with Crippen molar-refractivity contribution in [3.05, 3.63) is 29.3 Å². The number of anilines is 1. The maximum Gasteiger partial charge on any atom is 0.159 e. The summed E-state index contributed by atoms with van der Waals surface area (Å²) in [5.74, 6) is 1.63. The van der Waals surface area contributed by atoms with Gasteiger partial charge in [0.1, 0.15) is 6.07 Å². The molecule has 1 aliphatic heterocycles. The highest BCUT2D eigenvalue weighted by molar-refractivity contribution is 5.95. The molecule has 1 saturated heterocycles. The zero-order valence-electron chi connectivity index (χ0n) is 11.2. The molecule has 2 fully saturated rings. The lowest BCUT2D eigenvalue weighted by molar-refractivity contribution is 0.101. The summed E-state index contributed by atoms with van der Waals surface area (Å²) >= 11 is 0. The van der Waals surface area contributed by atoms with Crippen molar-refractivity contribution >= 4 is 11.5 Å². The van der Waals surface area contributed by atoms with Gasteiger partial charge in [0.15, 0.2) is 5.78 Å². The first-order valence-electron chi connectivity index (χ1n) is 6.99. The molecule has 3 nitrogen and oxygen atoms in total. The van der Waals surface area contributed by atoms with Crippen molar-refractivity contribution in [1.29, 1.82) is 5.26 Å². The van der Waals surface area contributed by atoms with Crippen molar-refractivity contribution in [2.75, 3.05) is 18.0 Å². The van der Waals surface area contributed by atoms with Crippen LogP contribution >= 0.6 is 0 Å². The highest BCUT2D eigenvalue weighted by Gasteiger charge is 2.36. The van der Waals surface area contributed by atoms with Crippen LogP contribution in [-0.2, 0) is 0 Å². The molecule has 1 aromatic rings. The van der Waals surface area contributed by atoms with Crippen LogP contribution in [0.4, 0.5) is 5.69 Å². The Bertz CT molecular complexity index is 546. The third kappa shape index (κ3) is 2.12. The summed E-state index contributed by atoms with van der Waals surface area (Å²) in [5, 5.41) is 9.25. The molecule has 1 heterocycles. The fourth-order valence-corrected chi connectivity index (χ4v) is 3.54. The Hall–Kier alpha value is -1.82. The van der Waals surface area contributed by atoms with E-state index in [1.807, 2.05) is 6.07 Å². The number of rotatable bonds is 2. The molecule has 0 spiro atoms. The van der Waals surface area contributed by atoms with Crippen LogP contribution in [0.5, 0.6) is 0 Å². The molecule has 1 saturated carbocycles. The Morgan fingerprint density at radius 1 is 1.32 bits per heavy atom. The van der Waals surface area contributed by atoms with Crippen LogP contribution in [0.1, 0.15) is 42.1 Å². The molecule has 2 atom stereocenters. The van der Waals surface area contributed by atoms with Crippen LogP contribution in [0, 0.1) is 23.2 Å². The van der Waals surface area contributed by atoms with Gasteiger partial charge in [-0.05, 0) is 49.8 Å². The summed E-state index contributed by atoms with van der Waals surface area (Å²) in [6.07, 6.45) is 3.98. The summed E-state index contributed by atoms with van der Waals surface area (Å²) in [6, 6.07) is 7.67. The van der Waals surface area contributed by atoms with E-state index in [1.54, 1.807) is 19.1 Å². The number of carbonyl (C=O) groups excluding carboxylic acids is 1. The Morgan fingerprint density at radius 3 is 2.58 bits per heavy atom. The number of carbonyl (C=O) groups is 1. The Morgan fingerprint density at radius 2 is 2.00 bits per heavy atom. The van der Waals surface area contributed by atoms with E-state index in [0.29, 0.717) is 11.1 Å². The normalized spacial score (nSPS) is 25.2. The predicted octanol–water partition coefficient (Wildman–Crippen LogP) is 3.00. The van der Waals surface area contributed by atoms with Gasteiger partial charge in [-0.25, -0.2) is 0 Å². The number of fused-ring (bicyclic) bond motifs is 1. The van der Waals surface area contributed by atoms with Gasteiger partial charge in [-0.15, -0.1) is 0 Å². The van der Waals surface area contributed by atoms with Gasteiger partial charge in [-0.3, -0.25) is 4.79 Å². The zero-order chi connectivity index (χ0) is 13.4. The average molecular weight is 254 g/mol. The molecule has 0 N–H and O–H groups in total. The maximum atomic E-state index is 11.5. The summed E-state index contributed by atoms with van der Waals surface area (Å²) in [7, 11) is 0.